The minimum Gasteiger partial charge on any atom is -0.327 e. The molecule has 0 aliphatic heterocycles. The van der Waals surface area contributed by atoms with Crippen molar-refractivity contribution in [3.8, 4) is 0 Å². The quantitative estimate of drug-likeness (QED) is 0.847. The minimum absolute atomic E-state index is 0.377. The van der Waals surface area contributed by atoms with Crippen LogP contribution in [0.3, 0.4) is 0 Å². The van der Waals surface area contributed by atoms with Crippen molar-refractivity contribution in [3.63, 3.8) is 0 Å². The first-order valence-electron chi connectivity index (χ1n) is 6.14. The molecule has 3 unspecified atom stereocenters. The van der Waals surface area contributed by atoms with Crippen LogP contribution in [0.15, 0.2) is 29.2 Å². The Hall–Kier alpha value is -0.470. The maximum Gasteiger partial charge on any atom is 0.0248 e. The second-order valence-electron chi connectivity index (χ2n) is 5.05. The average molecular weight is 235 g/mol. The molecule has 3 atom stereocenters. The van der Waals surface area contributed by atoms with Gasteiger partial charge in [-0.1, -0.05) is 24.6 Å². The first-order valence-corrected chi connectivity index (χ1v) is 7.02. The fourth-order valence-corrected chi connectivity index (χ4v) is 3.85. The monoisotopic (exact) mass is 235 g/mol. The summed E-state index contributed by atoms with van der Waals surface area (Å²) < 4.78 is 0. The van der Waals surface area contributed by atoms with Crippen LogP contribution in [0.2, 0.25) is 0 Å². The first-order chi connectivity index (χ1) is 7.65. The van der Waals surface area contributed by atoms with Crippen molar-refractivity contribution in [2.24, 2.45) is 11.7 Å². The van der Waals surface area contributed by atoms with E-state index in [2.05, 4.69) is 38.1 Å². The van der Waals surface area contributed by atoms with Crippen LogP contribution in [0.5, 0.6) is 0 Å². The number of rotatable bonds is 2. The Morgan fingerprint density at radius 3 is 2.88 bits per heavy atom. The fourth-order valence-electron chi connectivity index (χ4n) is 2.35. The Balaban J connectivity index is 2.02. The lowest BCUT2D eigenvalue weighted by atomic mass is 9.87. The van der Waals surface area contributed by atoms with Gasteiger partial charge in [0.15, 0.2) is 0 Å². The Bertz CT molecular complexity index is 350. The van der Waals surface area contributed by atoms with E-state index in [4.69, 9.17) is 5.73 Å². The number of nitrogens with two attached hydrogens (primary N) is 1. The number of hydrogen-bond acceptors (Lipinski definition) is 2. The van der Waals surface area contributed by atoms with E-state index in [0.717, 1.165) is 5.92 Å². The van der Waals surface area contributed by atoms with Gasteiger partial charge in [0.1, 0.15) is 0 Å². The highest BCUT2D eigenvalue weighted by Crippen LogP contribution is 2.35. The van der Waals surface area contributed by atoms with E-state index in [0.29, 0.717) is 11.3 Å². The molecule has 1 aliphatic carbocycles. The molecule has 0 aromatic heterocycles. The van der Waals surface area contributed by atoms with E-state index in [1.807, 2.05) is 11.8 Å². The molecule has 1 aromatic rings. The van der Waals surface area contributed by atoms with E-state index in [1.54, 1.807) is 0 Å². The highest BCUT2D eigenvalue weighted by atomic mass is 32.2. The summed E-state index contributed by atoms with van der Waals surface area (Å²) in [5.74, 6) is 0.835. The van der Waals surface area contributed by atoms with E-state index < -0.39 is 0 Å². The number of aryl methyl sites for hydroxylation is 1. The summed E-state index contributed by atoms with van der Waals surface area (Å²) in [7, 11) is 0. The maximum atomic E-state index is 6.21. The molecule has 1 nitrogen and oxygen atoms in total. The van der Waals surface area contributed by atoms with Gasteiger partial charge in [-0.2, -0.15) is 0 Å². The molecule has 88 valence electrons. The van der Waals surface area contributed by atoms with Crippen LogP contribution in [-0.4, -0.2) is 11.3 Å². The Kier molecular flexibility index (Phi) is 3.93. The topological polar surface area (TPSA) is 26.0 Å². The molecule has 0 saturated heterocycles. The molecule has 16 heavy (non-hydrogen) atoms. The summed E-state index contributed by atoms with van der Waals surface area (Å²) in [5.41, 5.74) is 7.54. The van der Waals surface area contributed by atoms with Gasteiger partial charge in [-0.25, -0.2) is 0 Å². The van der Waals surface area contributed by atoms with Gasteiger partial charge in [0, 0.05) is 16.2 Å². The Morgan fingerprint density at radius 1 is 1.31 bits per heavy atom. The molecule has 1 aromatic carbocycles. The van der Waals surface area contributed by atoms with Crippen molar-refractivity contribution in [1.82, 2.24) is 0 Å². The molecule has 2 rings (SSSR count). The average Bonchev–Trinajstić information content (AvgIpc) is 2.24. The first kappa shape index (κ1) is 12.0. The lowest BCUT2D eigenvalue weighted by Crippen LogP contribution is -2.37. The second kappa shape index (κ2) is 5.24. The van der Waals surface area contributed by atoms with Crippen molar-refractivity contribution in [3.05, 3.63) is 29.8 Å². The van der Waals surface area contributed by atoms with Gasteiger partial charge in [-0.05, 0) is 44.2 Å². The smallest absolute Gasteiger partial charge is 0.0248 e. The van der Waals surface area contributed by atoms with E-state index >= 15 is 0 Å². The van der Waals surface area contributed by atoms with Crippen LogP contribution in [0, 0.1) is 12.8 Å². The van der Waals surface area contributed by atoms with Gasteiger partial charge in [0.05, 0.1) is 0 Å². The highest BCUT2D eigenvalue weighted by Gasteiger charge is 2.26. The van der Waals surface area contributed by atoms with E-state index in [9.17, 15) is 0 Å². The third-order valence-electron chi connectivity index (χ3n) is 3.38. The molecule has 0 radical (unpaired) electrons. The molecule has 2 heteroatoms. The molecule has 1 aliphatic rings. The Morgan fingerprint density at radius 2 is 2.12 bits per heavy atom. The zero-order valence-corrected chi connectivity index (χ0v) is 11.0. The summed E-state index contributed by atoms with van der Waals surface area (Å²) in [6.07, 6.45) is 3.75. The molecule has 1 fully saturated rings. The maximum absolute atomic E-state index is 6.21. The van der Waals surface area contributed by atoms with E-state index in [1.165, 1.54) is 29.7 Å². The van der Waals surface area contributed by atoms with E-state index in [-0.39, 0.29) is 0 Å². The minimum atomic E-state index is 0.377. The van der Waals surface area contributed by atoms with Crippen molar-refractivity contribution >= 4 is 11.8 Å². The lowest BCUT2D eigenvalue weighted by Gasteiger charge is -2.32. The van der Waals surface area contributed by atoms with Crippen LogP contribution in [0.1, 0.15) is 31.7 Å². The van der Waals surface area contributed by atoms with Crippen LogP contribution in [0.25, 0.3) is 0 Å². The standard InChI is InChI=1S/C14H21NS/c1-10-4-3-5-12(8-10)16-14-9-11(2)6-7-13(14)15/h3-5,8,11,13-14H,6-7,9,15H2,1-2H3. The van der Waals surface area contributed by atoms with Crippen LogP contribution >= 0.6 is 11.8 Å². The fraction of sp³-hybridized carbons (Fsp3) is 0.571. The summed E-state index contributed by atoms with van der Waals surface area (Å²) in [6.45, 7) is 4.49. The largest absolute Gasteiger partial charge is 0.327 e. The van der Waals surface area contributed by atoms with Gasteiger partial charge < -0.3 is 5.73 Å². The van der Waals surface area contributed by atoms with Crippen molar-refractivity contribution in [1.29, 1.82) is 0 Å². The van der Waals surface area contributed by atoms with Gasteiger partial charge in [-0.15, -0.1) is 11.8 Å². The molecule has 0 spiro atoms. The van der Waals surface area contributed by atoms with Crippen molar-refractivity contribution in [2.45, 2.75) is 49.3 Å². The third kappa shape index (κ3) is 3.02. The predicted molar refractivity (Wildman–Crippen MR) is 71.8 cm³/mol. The zero-order valence-electron chi connectivity index (χ0n) is 10.1. The number of hydrogen-bond donors (Lipinski definition) is 1. The molecule has 0 amide bonds. The Labute approximate surface area is 103 Å². The molecule has 1 saturated carbocycles. The van der Waals surface area contributed by atoms with Crippen molar-refractivity contribution in [2.75, 3.05) is 0 Å². The van der Waals surface area contributed by atoms with Gasteiger partial charge in [-0.3, -0.25) is 0 Å². The van der Waals surface area contributed by atoms with Gasteiger partial charge in [0.25, 0.3) is 0 Å². The van der Waals surface area contributed by atoms with Crippen LogP contribution in [0.4, 0.5) is 0 Å². The number of benzene rings is 1. The summed E-state index contributed by atoms with van der Waals surface area (Å²) in [6, 6.07) is 9.12. The predicted octanol–water partition coefficient (Wildman–Crippen LogP) is 3.60. The lowest BCUT2D eigenvalue weighted by molar-refractivity contribution is 0.357. The van der Waals surface area contributed by atoms with Crippen molar-refractivity contribution < 1.29 is 0 Å². The summed E-state index contributed by atoms with van der Waals surface area (Å²) in [5, 5.41) is 0.602. The van der Waals surface area contributed by atoms with Gasteiger partial charge >= 0.3 is 0 Å². The van der Waals surface area contributed by atoms with Crippen LogP contribution < -0.4 is 5.73 Å². The second-order valence-corrected chi connectivity index (χ2v) is 6.37. The highest BCUT2D eigenvalue weighted by molar-refractivity contribution is 8.00. The molecule has 0 bridgehead atoms. The SMILES string of the molecule is Cc1cccc(SC2CC(C)CCC2N)c1. The zero-order chi connectivity index (χ0) is 11.5. The molecule has 0 heterocycles. The summed E-state index contributed by atoms with van der Waals surface area (Å²) >= 11 is 1.97. The van der Waals surface area contributed by atoms with Crippen LogP contribution in [-0.2, 0) is 0 Å². The molecular formula is C14H21NS. The number of thioether (sulfide) groups is 1. The third-order valence-corrected chi connectivity index (χ3v) is 4.75. The normalized spacial score (nSPS) is 30.3. The molecule has 2 N–H and O–H groups in total. The summed E-state index contributed by atoms with van der Waals surface area (Å²) in [4.78, 5) is 1.37. The van der Waals surface area contributed by atoms with Gasteiger partial charge in [0.2, 0.25) is 0 Å². The molecular weight excluding hydrogens is 214 g/mol.